The number of likely N-dealkylation sites (N-methyl/N-ethyl adjacent to an activating group) is 1. The van der Waals surface area contributed by atoms with E-state index in [1.54, 1.807) is 4.90 Å². The molecule has 0 radical (unpaired) electrons. The third-order valence-corrected chi connectivity index (χ3v) is 1.91. The Morgan fingerprint density at radius 1 is 1.13 bits per heavy atom. The fourth-order valence-corrected chi connectivity index (χ4v) is 1.28. The van der Waals surface area contributed by atoms with E-state index in [0.29, 0.717) is 6.54 Å². The van der Waals surface area contributed by atoms with E-state index in [9.17, 15) is 4.79 Å². The van der Waals surface area contributed by atoms with Crippen LogP contribution < -0.4 is 5.32 Å². The zero-order chi connectivity index (χ0) is 12.3. The third kappa shape index (κ3) is 8.43. The second-order valence-electron chi connectivity index (χ2n) is 6.41. The molecule has 0 saturated carbocycles. The molecule has 3 heteroatoms. The Bertz CT molecular complexity index is 211. The van der Waals surface area contributed by atoms with Gasteiger partial charge in [-0.3, -0.25) is 4.79 Å². The van der Waals surface area contributed by atoms with E-state index in [2.05, 4.69) is 46.9 Å². The van der Waals surface area contributed by atoms with Crippen molar-refractivity contribution in [1.82, 2.24) is 10.2 Å². The Morgan fingerprint density at radius 3 is 1.93 bits per heavy atom. The van der Waals surface area contributed by atoms with Gasteiger partial charge < -0.3 is 10.2 Å². The highest BCUT2D eigenvalue weighted by atomic mass is 16.2. The van der Waals surface area contributed by atoms with Crippen molar-refractivity contribution in [2.75, 3.05) is 20.1 Å². The Morgan fingerprint density at radius 2 is 1.60 bits per heavy atom. The lowest BCUT2D eigenvalue weighted by Crippen LogP contribution is -2.45. The van der Waals surface area contributed by atoms with Crippen LogP contribution in [0, 0.1) is 5.41 Å². The largest absolute Gasteiger partial charge is 0.344 e. The first-order chi connectivity index (χ1) is 6.51. The van der Waals surface area contributed by atoms with Crippen LogP contribution in [0.5, 0.6) is 0 Å². The molecule has 0 atom stereocenters. The Kier molecular flexibility index (Phi) is 4.78. The van der Waals surface area contributed by atoms with Gasteiger partial charge >= 0.3 is 0 Å². The molecule has 0 aromatic rings. The second-order valence-corrected chi connectivity index (χ2v) is 6.41. The van der Waals surface area contributed by atoms with E-state index >= 15 is 0 Å². The lowest BCUT2D eigenvalue weighted by atomic mass is 9.96. The average molecular weight is 214 g/mol. The third-order valence-electron chi connectivity index (χ3n) is 1.91. The fourth-order valence-electron chi connectivity index (χ4n) is 1.28. The van der Waals surface area contributed by atoms with Crippen LogP contribution in [0.25, 0.3) is 0 Å². The minimum Gasteiger partial charge on any atom is -0.344 e. The first-order valence-electron chi connectivity index (χ1n) is 5.50. The second kappa shape index (κ2) is 4.97. The summed E-state index contributed by atoms with van der Waals surface area (Å²) in [6, 6.07) is 0. The van der Waals surface area contributed by atoms with Crippen molar-refractivity contribution in [3.05, 3.63) is 0 Å². The van der Waals surface area contributed by atoms with E-state index in [1.165, 1.54) is 0 Å². The summed E-state index contributed by atoms with van der Waals surface area (Å²) in [7, 11) is 1.86. The Hall–Kier alpha value is -0.570. The summed E-state index contributed by atoms with van der Waals surface area (Å²) in [5.41, 5.74) is 0.157. The highest BCUT2D eigenvalue weighted by Crippen LogP contribution is 2.14. The maximum atomic E-state index is 11.7. The van der Waals surface area contributed by atoms with Gasteiger partial charge in [0.15, 0.2) is 0 Å². The molecule has 0 aromatic heterocycles. The number of carbonyl (C=O) groups excluding carboxylic acids is 1. The van der Waals surface area contributed by atoms with Crippen molar-refractivity contribution < 1.29 is 4.79 Å². The summed E-state index contributed by atoms with van der Waals surface area (Å²) < 4.78 is 0. The molecule has 0 bridgehead atoms. The molecule has 0 fully saturated rings. The van der Waals surface area contributed by atoms with Crippen molar-refractivity contribution in [1.29, 1.82) is 0 Å². The molecule has 3 nitrogen and oxygen atoms in total. The first-order valence-corrected chi connectivity index (χ1v) is 5.50. The fraction of sp³-hybridized carbons (Fsp3) is 0.917. The molecule has 0 unspecified atom stereocenters. The van der Waals surface area contributed by atoms with Crippen molar-refractivity contribution in [3.8, 4) is 0 Å². The van der Waals surface area contributed by atoms with Gasteiger partial charge in [-0.05, 0) is 26.2 Å². The molecule has 15 heavy (non-hydrogen) atoms. The molecule has 0 aliphatic heterocycles. The van der Waals surface area contributed by atoms with Crippen LogP contribution in [0.3, 0.4) is 0 Å². The summed E-state index contributed by atoms with van der Waals surface area (Å²) in [4.78, 5) is 13.5. The molecule has 0 rings (SSSR count). The first kappa shape index (κ1) is 14.4. The monoisotopic (exact) mass is 214 g/mol. The number of nitrogens with one attached hydrogen (secondary N) is 1. The Balaban J connectivity index is 4.01. The molecule has 1 N–H and O–H groups in total. The van der Waals surface area contributed by atoms with Gasteiger partial charge in [-0.1, -0.05) is 20.8 Å². The van der Waals surface area contributed by atoms with Crippen LogP contribution >= 0.6 is 0 Å². The Labute approximate surface area is 94.2 Å². The molecule has 0 spiro atoms. The highest BCUT2D eigenvalue weighted by molar-refractivity contribution is 5.78. The van der Waals surface area contributed by atoms with Gasteiger partial charge in [-0.25, -0.2) is 0 Å². The van der Waals surface area contributed by atoms with Crippen molar-refractivity contribution in [3.63, 3.8) is 0 Å². The molecular weight excluding hydrogens is 188 g/mol. The number of amides is 1. The van der Waals surface area contributed by atoms with Crippen molar-refractivity contribution in [2.24, 2.45) is 5.41 Å². The van der Waals surface area contributed by atoms with Crippen LogP contribution in [-0.2, 0) is 4.79 Å². The van der Waals surface area contributed by atoms with Crippen molar-refractivity contribution >= 4 is 5.91 Å². The SMILES string of the molecule is CN(CC(C)(C)C)C(=O)CNC(C)(C)C. The molecule has 0 aromatic carbocycles. The van der Waals surface area contributed by atoms with Crippen molar-refractivity contribution in [2.45, 2.75) is 47.1 Å². The molecule has 0 aliphatic carbocycles. The molecule has 0 saturated heterocycles. The van der Waals surface area contributed by atoms with E-state index in [1.807, 2.05) is 7.05 Å². The van der Waals surface area contributed by atoms with Gasteiger partial charge in [0.05, 0.1) is 6.54 Å². The van der Waals surface area contributed by atoms with Gasteiger partial charge in [-0.2, -0.15) is 0 Å². The zero-order valence-corrected chi connectivity index (χ0v) is 11.3. The van der Waals surface area contributed by atoms with Gasteiger partial charge in [0, 0.05) is 19.1 Å². The van der Waals surface area contributed by atoms with Crippen LogP contribution in [0.1, 0.15) is 41.5 Å². The lowest BCUT2D eigenvalue weighted by Gasteiger charge is -2.28. The van der Waals surface area contributed by atoms with E-state index < -0.39 is 0 Å². The highest BCUT2D eigenvalue weighted by Gasteiger charge is 2.18. The summed E-state index contributed by atoms with van der Waals surface area (Å²) in [6.07, 6.45) is 0. The van der Waals surface area contributed by atoms with E-state index in [-0.39, 0.29) is 16.9 Å². The molecule has 90 valence electrons. The van der Waals surface area contributed by atoms with Crippen LogP contribution in [-0.4, -0.2) is 36.5 Å². The predicted molar refractivity (Wildman–Crippen MR) is 64.8 cm³/mol. The van der Waals surface area contributed by atoms with Gasteiger partial charge in [0.25, 0.3) is 0 Å². The minimum absolute atomic E-state index is 0.00175. The van der Waals surface area contributed by atoms with Gasteiger partial charge in [0.1, 0.15) is 0 Å². The number of carbonyl (C=O) groups is 1. The maximum absolute atomic E-state index is 11.7. The zero-order valence-electron chi connectivity index (χ0n) is 11.3. The number of nitrogens with zero attached hydrogens (tertiary/aromatic N) is 1. The summed E-state index contributed by atoms with van der Waals surface area (Å²) >= 11 is 0. The number of rotatable bonds is 3. The maximum Gasteiger partial charge on any atom is 0.236 e. The van der Waals surface area contributed by atoms with Crippen LogP contribution in [0.15, 0.2) is 0 Å². The lowest BCUT2D eigenvalue weighted by molar-refractivity contribution is -0.130. The minimum atomic E-state index is -0.00175. The van der Waals surface area contributed by atoms with Gasteiger partial charge in [-0.15, -0.1) is 0 Å². The molecule has 0 aliphatic rings. The molecule has 1 amide bonds. The average Bonchev–Trinajstić information content (AvgIpc) is 1.95. The van der Waals surface area contributed by atoms with Crippen LogP contribution in [0.4, 0.5) is 0 Å². The van der Waals surface area contributed by atoms with Gasteiger partial charge in [0.2, 0.25) is 5.91 Å². The number of hydrogen-bond donors (Lipinski definition) is 1. The van der Waals surface area contributed by atoms with E-state index in [4.69, 9.17) is 0 Å². The molecule has 0 heterocycles. The molecular formula is C12H26N2O. The topological polar surface area (TPSA) is 32.3 Å². The summed E-state index contributed by atoms with van der Waals surface area (Å²) in [6.45, 7) is 13.8. The normalized spacial score (nSPS) is 12.7. The van der Waals surface area contributed by atoms with E-state index in [0.717, 1.165) is 6.54 Å². The van der Waals surface area contributed by atoms with Crippen LogP contribution in [0.2, 0.25) is 0 Å². The quantitative estimate of drug-likeness (QED) is 0.778. The summed E-state index contributed by atoms with van der Waals surface area (Å²) in [5.74, 6) is 0.153. The summed E-state index contributed by atoms with van der Waals surface area (Å²) in [5, 5.41) is 3.20. The smallest absolute Gasteiger partial charge is 0.236 e. The predicted octanol–water partition coefficient (Wildman–Crippen LogP) is 1.88. The standard InChI is InChI=1S/C12H26N2O/c1-11(2,3)9-14(7)10(15)8-13-12(4,5)6/h13H,8-9H2,1-7H3. The number of hydrogen-bond acceptors (Lipinski definition) is 2.